The minimum atomic E-state index is -3.81. The molecule has 2 fully saturated rings. The number of rotatable bonds is 7. The monoisotopic (exact) mass is 459 g/mol. The first-order valence-corrected chi connectivity index (χ1v) is 11.9. The second-order valence-electron chi connectivity index (χ2n) is 9.97. The SMILES string of the molecule is C=C(N)[C@@H](C#N)C(=O)COC(=O)c1cccc(S(=O)(=O)N2C[C@]3(C)C[C@H]2CC(C)(C)C3)c1. The molecule has 1 aromatic carbocycles. The molecular weight excluding hydrogens is 430 g/mol. The average Bonchev–Trinajstić information content (AvgIpc) is 2.95. The van der Waals surface area contributed by atoms with Crippen LogP contribution in [-0.2, 0) is 19.6 Å². The number of ketones is 1. The predicted octanol–water partition coefficient (Wildman–Crippen LogP) is 2.61. The van der Waals surface area contributed by atoms with Crippen molar-refractivity contribution in [3.05, 3.63) is 42.1 Å². The first kappa shape index (κ1) is 24.0. The zero-order valence-electron chi connectivity index (χ0n) is 18.6. The van der Waals surface area contributed by atoms with E-state index in [-0.39, 0.29) is 33.0 Å². The molecule has 1 aliphatic heterocycles. The summed E-state index contributed by atoms with van der Waals surface area (Å²) in [5.41, 5.74) is 5.28. The van der Waals surface area contributed by atoms with Gasteiger partial charge in [-0.05, 0) is 48.3 Å². The molecule has 172 valence electrons. The van der Waals surface area contributed by atoms with Gasteiger partial charge in [0.2, 0.25) is 10.0 Å². The molecular formula is C23H29N3O5S. The Morgan fingerprint density at radius 3 is 2.66 bits per heavy atom. The Bertz CT molecular complexity index is 1100. The predicted molar refractivity (Wildman–Crippen MR) is 118 cm³/mol. The third-order valence-electron chi connectivity index (χ3n) is 6.21. The van der Waals surface area contributed by atoms with Gasteiger partial charge in [-0.3, -0.25) is 4.79 Å². The number of esters is 1. The Balaban J connectivity index is 1.77. The molecule has 0 spiro atoms. The number of carbonyl (C=O) groups excluding carboxylic acids is 2. The molecule has 1 saturated heterocycles. The molecule has 0 aromatic heterocycles. The maximum Gasteiger partial charge on any atom is 0.338 e. The highest BCUT2D eigenvalue weighted by Crippen LogP contribution is 2.53. The highest BCUT2D eigenvalue weighted by molar-refractivity contribution is 7.89. The minimum Gasteiger partial charge on any atom is -0.454 e. The topological polar surface area (TPSA) is 131 Å². The first-order valence-electron chi connectivity index (χ1n) is 10.4. The Labute approximate surface area is 189 Å². The largest absolute Gasteiger partial charge is 0.454 e. The second-order valence-corrected chi connectivity index (χ2v) is 11.9. The van der Waals surface area contributed by atoms with Crippen LogP contribution in [0.2, 0.25) is 0 Å². The van der Waals surface area contributed by atoms with Gasteiger partial charge in [0.05, 0.1) is 16.5 Å². The van der Waals surface area contributed by atoms with Crippen molar-refractivity contribution in [3.63, 3.8) is 0 Å². The van der Waals surface area contributed by atoms with E-state index in [9.17, 15) is 18.0 Å². The zero-order chi connectivity index (χ0) is 23.9. The van der Waals surface area contributed by atoms with Crippen molar-refractivity contribution in [1.29, 1.82) is 5.26 Å². The summed E-state index contributed by atoms with van der Waals surface area (Å²) in [6.45, 7) is 9.63. The van der Waals surface area contributed by atoms with Crippen molar-refractivity contribution >= 4 is 21.8 Å². The van der Waals surface area contributed by atoms with Crippen LogP contribution < -0.4 is 5.73 Å². The summed E-state index contributed by atoms with van der Waals surface area (Å²) in [6, 6.07) is 7.24. The summed E-state index contributed by atoms with van der Waals surface area (Å²) in [6.07, 6.45) is 2.58. The summed E-state index contributed by atoms with van der Waals surface area (Å²) >= 11 is 0. The zero-order valence-corrected chi connectivity index (χ0v) is 19.4. The van der Waals surface area contributed by atoms with Crippen molar-refractivity contribution < 1.29 is 22.7 Å². The van der Waals surface area contributed by atoms with Crippen LogP contribution in [-0.4, -0.2) is 43.7 Å². The van der Waals surface area contributed by atoms with Crippen LogP contribution in [0.3, 0.4) is 0 Å². The van der Waals surface area contributed by atoms with Gasteiger partial charge in [-0.1, -0.05) is 33.4 Å². The number of sulfonamides is 1. The lowest BCUT2D eigenvalue weighted by Crippen LogP contribution is -2.37. The van der Waals surface area contributed by atoms with E-state index in [4.69, 9.17) is 15.7 Å². The number of benzene rings is 1. The van der Waals surface area contributed by atoms with Crippen LogP contribution in [0.25, 0.3) is 0 Å². The fourth-order valence-corrected chi connectivity index (χ4v) is 7.09. The molecule has 0 amide bonds. The summed E-state index contributed by atoms with van der Waals surface area (Å²) < 4.78 is 33.4. The van der Waals surface area contributed by atoms with Gasteiger partial charge in [-0.25, -0.2) is 13.2 Å². The summed E-state index contributed by atoms with van der Waals surface area (Å²) in [5, 5.41) is 8.97. The van der Waals surface area contributed by atoms with E-state index in [2.05, 4.69) is 27.4 Å². The normalized spacial score (nSPS) is 25.5. The molecule has 1 heterocycles. The molecule has 3 atom stereocenters. The summed E-state index contributed by atoms with van der Waals surface area (Å²) in [4.78, 5) is 24.4. The number of Topliss-reactive ketones (excluding diaryl/α,β-unsaturated/α-hetero) is 1. The van der Waals surface area contributed by atoms with Crippen LogP contribution in [0.5, 0.6) is 0 Å². The van der Waals surface area contributed by atoms with Gasteiger partial charge in [0.25, 0.3) is 0 Å². The van der Waals surface area contributed by atoms with Gasteiger partial charge in [-0.15, -0.1) is 0 Å². The van der Waals surface area contributed by atoms with Gasteiger partial charge in [0.1, 0.15) is 5.92 Å². The molecule has 32 heavy (non-hydrogen) atoms. The number of nitrogens with two attached hydrogens (primary N) is 1. The van der Waals surface area contributed by atoms with E-state index < -0.39 is 34.3 Å². The summed E-state index contributed by atoms with van der Waals surface area (Å²) in [7, 11) is -3.81. The van der Waals surface area contributed by atoms with Crippen LogP contribution in [0.1, 0.15) is 50.4 Å². The number of nitrogens with zero attached hydrogens (tertiary/aromatic N) is 2. The van der Waals surface area contributed by atoms with E-state index in [0.29, 0.717) is 6.54 Å². The van der Waals surface area contributed by atoms with Gasteiger partial charge < -0.3 is 10.5 Å². The third kappa shape index (κ3) is 4.71. The van der Waals surface area contributed by atoms with Crippen LogP contribution >= 0.6 is 0 Å². The molecule has 2 bridgehead atoms. The quantitative estimate of drug-likeness (QED) is 0.620. The van der Waals surface area contributed by atoms with Gasteiger partial charge in [0, 0.05) is 18.3 Å². The number of carbonyl (C=O) groups is 2. The highest BCUT2D eigenvalue weighted by atomic mass is 32.2. The third-order valence-corrected chi connectivity index (χ3v) is 8.10. The average molecular weight is 460 g/mol. The standard InChI is InChI=1S/C23H29N3O5S/c1-15(25)19(11-24)20(27)12-31-21(28)16-6-5-7-18(8-16)32(29,30)26-14-23(4)10-17(26)9-22(2,3)13-23/h5-8,17,19H,1,9-10,12-14,25H2,2-4H3/t17-,19-,23-/m1/s1. The van der Waals surface area contributed by atoms with Crippen molar-refractivity contribution in [2.24, 2.45) is 22.5 Å². The Morgan fingerprint density at radius 1 is 1.34 bits per heavy atom. The molecule has 1 aliphatic carbocycles. The van der Waals surface area contributed by atoms with Gasteiger partial charge in [-0.2, -0.15) is 9.57 Å². The van der Waals surface area contributed by atoms with Crippen molar-refractivity contribution in [2.45, 2.75) is 51.0 Å². The lowest BCUT2D eigenvalue weighted by atomic mass is 9.65. The van der Waals surface area contributed by atoms with Crippen LogP contribution in [0.15, 0.2) is 41.4 Å². The lowest BCUT2D eigenvalue weighted by Gasteiger charge is -2.39. The van der Waals surface area contributed by atoms with Crippen molar-refractivity contribution in [1.82, 2.24) is 4.31 Å². The molecule has 9 heteroatoms. The molecule has 1 aromatic rings. The smallest absolute Gasteiger partial charge is 0.338 e. The fraction of sp³-hybridized carbons (Fsp3) is 0.522. The van der Waals surface area contributed by atoms with E-state index in [1.54, 1.807) is 10.4 Å². The maximum atomic E-state index is 13.4. The molecule has 2 N–H and O–H groups in total. The van der Waals surface area contributed by atoms with Crippen LogP contribution in [0, 0.1) is 28.1 Å². The summed E-state index contributed by atoms with van der Waals surface area (Å²) in [5.74, 6) is -2.82. The molecule has 2 aliphatic rings. The van der Waals surface area contributed by atoms with E-state index in [1.165, 1.54) is 24.3 Å². The van der Waals surface area contributed by atoms with E-state index in [0.717, 1.165) is 19.3 Å². The second kappa shape index (κ2) is 8.34. The number of fused-ring (bicyclic) bond motifs is 2. The Morgan fingerprint density at radius 2 is 2.03 bits per heavy atom. The number of allylic oxidation sites excluding steroid dienone is 1. The van der Waals surface area contributed by atoms with E-state index in [1.807, 2.05) is 0 Å². The fourth-order valence-electron chi connectivity index (χ4n) is 5.27. The first-order chi connectivity index (χ1) is 14.8. The maximum absolute atomic E-state index is 13.4. The van der Waals surface area contributed by atoms with Gasteiger partial charge in [0.15, 0.2) is 12.4 Å². The van der Waals surface area contributed by atoms with Crippen molar-refractivity contribution in [3.8, 4) is 6.07 Å². The lowest BCUT2D eigenvalue weighted by molar-refractivity contribution is -0.123. The van der Waals surface area contributed by atoms with E-state index >= 15 is 0 Å². The molecule has 3 rings (SSSR count). The molecule has 0 radical (unpaired) electrons. The van der Waals surface area contributed by atoms with Crippen molar-refractivity contribution in [2.75, 3.05) is 13.2 Å². The Hall–Kier alpha value is -2.70. The molecule has 1 saturated carbocycles. The number of nitriles is 1. The molecule has 0 unspecified atom stereocenters. The van der Waals surface area contributed by atoms with Gasteiger partial charge >= 0.3 is 5.97 Å². The minimum absolute atomic E-state index is 0.00710. The number of ether oxygens (including phenoxy) is 1. The van der Waals surface area contributed by atoms with Crippen LogP contribution in [0.4, 0.5) is 0 Å². The highest BCUT2D eigenvalue weighted by Gasteiger charge is 2.53. The number of hydrogen-bond donors (Lipinski definition) is 1. The Kier molecular flexibility index (Phi) is 6.24. The number of hydrogen-bond acceptors (Lipinski definition) is 7. The molecule has 8 nitrogen and oxygen atoms in total.